The summed E-state index contributed by atoms with van der Waals surface area (Å²) < 4.78 is 11.6. The first-order valence-electron chi connectivity index (χ1n) is 9.23. The Morgan fingerprint density at radius 1 is 1.13 bits per heavy atom. The molecule has 0 radical (unpaired) electrons. The molecule has 0 aromatic carbocycles. The number of carbonyl (C=O) groups is 1. The van der Waals surface area contributed by atoms with E-state index >= 15 is 0 Å². The Hall–Kier alpha value is -0.610. The molecular weight excluding hydrogens is 290 g/mol. The van der Waals surface area contributed by atoms with E-state index in [1.807, 2.05) is 0 Å². The second-order valence-corrected chi connectivity index (χ2v) is 8.83. The minimum absolute atomic E-state index is 0.0985. The van der Waals surface area contributed by atoms with Crippen molar-refractivity contribution in [2.24, 2.45) is 5.41 Å². The predicted octanol–water partition coefficient (Wildman–Crippen LogP) is 3.83. The summed E-state index contributed by atoms with van der Waals surface area (Å²) >= 11 is 0. The Bertz CT molecular complexity index is 415. The third-order valence-electron chi connectivity index (χ3n) is 5.30. The fourth-order valence-corrected chi connectivity index (χ4v) is 4.54. The van der Waals surface area contributed by atoms with Crippen molar-refractivity contribution in [2.45, 2.75) is 96.8 Å². The third-order valence-corrected chi connectivity index (χ3v) is 5.30. The smallest absolute Gasteiger partial charge is 0.220 e. The third kappa shape index (κ3) is 5.46. The van der Waals surface area contributed by atoms with Crippen molar-refractivity contribution in [3.05, 3.63) is 0 Å². The average molecular weight is 325 g/mol. The van der Waals surface area contributed by atoms with Crippen LogP contribution in [0.1, 0.15) is 79.6 Å². The lowest BCUT2D eigenvalue weighted by molar-refractivity contribution is -0.136. The topological polar surface area (TPSA) is 47.6 Å². The molecule has 1 N–H and O–H groups in total. The van der Waals surface area contributed by atoms with Crippen molar-refractivity contribution in [1.29, 1.82) is 0 Å². The van der Waals surface area contributed by atoms with Crippen LogP contribution in [0.15, 0.2) is 0 Å². The molecule has 2 atom stereocenters. The van der Waals surface area contributed by atoms with Crippen LogP contribution in [-0.4, -0.2) is 36.4 Å². The highest BCUT2D eigenvalue weighted by Crippen LogP contribution is 2.45. The monoisotopic (exact) mass is 325 g/mol. The molecule has 134 valence electrons. The van der Waals surface area contributed by atoms with Crippen molar-refractivity contribution < 1.29 is 14.3 Å². The summed E-state index contributed by atoms with van der Waals surface area (Å²) in [6.07, 6.45) is 6.64. The van der Waals surface area contributed by atoms with Crippen LogP contribution >= 0.6 is 0 Å². The van der Waals surface area contributed by atoms with E-state index in [-0.39, 0.29) is 28.6 Å². The van der Waals surface area contributed by atoms with Gasteiger partial charge in [0, 0.05) is 25.7 Å². The lowest BCUT2D eigenvalue weighted by atomic mass is 9.69. The van der Waals surface area contributed by atoms with Crippen LogP contribution in [0.25, 0.3) is 0 Å². The Balaban J connectivity index is 1.95. The van der Waals surface area contributed by atoms with Crippen LogP contribution in [0.4, 0.5) is 0 Å². The van der Waals surface area contributed by atoms with Gasteiger partial charge in [-0.25, -0.2) is 0 Å². The van der Waals surface area contributed by atoms with Crippen molar-refractivity contribution in [1.82, 2.24) is 5.32 Å². The van der Waals surface area contributed by atoms with E-state index < -0.39 is 0 Å². The molecule has 4 heteroatoms. The van der Waals surface area contributed by atoms with E-state index in [1.54, 1.807) is 0 Å². The zero-order valence-corrected chi connectivity index (χ0v) is 15.7. The molecule has 0 spiro atoms. The molecule has 2 saturated heterocycles. The molecule has 2 heterocycles. The van der Waals surface area contributed by atoms with Gasteiger partial charge in [-0.2, -0.15) is 0 Å². The fraction of sp³-hybridized carbons (Fsp3) is 0.947. The number of carbonyl (C=O) groups excluding carboxylic acids is 1. The van der Waals surface area contributed by atoms with Gasteiger partial charge in [0.05, 0.1) is 11.2 Å². The molecule has 0 aliphatic carbocycles. The lowest BCUT2D eigenvalue weighted by Gasteiger charge is -2.45. The fourth-order valence-electron chi connectivity index (χ4n) is 4.54. The molecule has 0 aromatic rings. The maximum atomic E-state index is 12.7. The standard InChI is InChI=1S/C19H35NO3/c1-6-8-19(9-11-23-18(4,5)14-19)13-16(21)20-15-7-10-22-17(2,3)12-15/h15H,6-14H2,1-5H3,(H,20,21)/t15-,19+/m0/s1. The number of hydrogen-bond donors (Lipinski definition) is 1. The average Bonchev–Trinajstić information content (AvgIpc) is 2.35. The van der Waals surface area contributed by atoms with Crippen LogP contribution in [0.2, 0.25) is 0 Å². The SMILES string of the molecule is CCC[C@]1(CC(=O)N[C@H]2CCOC(C)(C)C2)CCOC(C)(C)C1. The van der Waals surface area contributed by atoms with Crippen LogP contribution in [0, 0.1) is 5.41 Å². The molecule has 2 aliphatic rings. The summed E-state index contributed by atoms with van der Waals surface area (Å²) in [7, 11) is 0. The number of ether oxygens (including phenoxy) is 2. The number of rotatable bonds is 5. The van der Waals surface area contributed by atoms with Crippen molar-refractivity contribution in [3.8, 4) is 0 Å². The van der Waals surface area contributed by atoms with Crippen LogP contribution in [0.3, 0.4) is 0 Å². The summed E-state index contributed by atoms with van der Waals surface area (Å²) in [4.78, 5) is 12.7. The van der Waals surface area contributed by atoms with Crippen LogP contribution < -0.4 is 5.32 Å². The van der Waals surface area contributed by atoms with Gasteiger partial charge in [-0.1, -0.05) is 13.3 Å². The second-order valence-electron chi connectivity index (χ2n) is 8.83. The Kier molecular flexibility index (Phi) is 5.78. The van der Waals surface area contributed by atoms with Gasteiger partial charge in [-0.3, -0.25) is 4.79 Å². The molecule has 0 bridgehead atoms. The highest BCUT2D eigenvalue weighted by Gasteiger charge is 2.42. The summed E-state index contributed by atoms with van der Waals surface area (Å²) in [6.45, 7) is 12.2. The molecule has 0 unspecified atom stereocenters. The van der Waals surface area contributed by atoms with Gasteiger partial charge in [0.25, 0.3) is 0 Å². The van der Waals surface area contributed by atoms with Crippen molar-refractivity contribution in [3.63, 3.8) is 0 Å². The first kappa shape index (κ1) is 18.7. The van der Waals surface area contributed by atoms with E-state index in [4.69, 9.17) is 9.47 Å². The van der Waals surface area contributed by atoms with Crippen LogP contribution in [-0.2, 0) is 14.3 Å². The first-order valence-corrected chi connectivity index (χ1v) is 9.23. The van der Waals surface area contributed by atoms with Gasteiger partial charge in [-0.15, -0.1) is 0 Å². The molecule has 23 heavy (non-hydrogen) atoms. The lowest BCUT2D eigenvalue weighted by Crippen LogP contribution is -2.48. The molecule has 2 rings (SSSR count). The normalized spacial score (nSPS) is 33.2. The quantitative estimate of drug-likeness (QED) is 0.836. The minimum atomic E-state index is -0.127. The number of hydrogen-bond acceptors (Lipinski definition) is 3. The second kappa shape index (κ2) is 7.10. The van der Waals surface area contributed by atoms with E-state index in [1.165, 1.54) is 0 Å². The molecule has 4 nitrogen and oxygen atoms in total. The molecule has 0 aromatic heterocycles. The highest BCUT2D eigenvalue weighted by atomic mass is 16.5. The molecular formula is C19H35NO3. The van der Waals surface area contributed by atoms with Crippen molar-refractivity contribution >= 4 is 5.91 Å². The molecule has 1 amide bonds. The van der Waals surface area contributed by atoms with Gasteiger partial charge in [0.1, 0.15) is 0 Å². The summed E-state index contributed by atoms with van der Waals surface area (Å²) in [6, 6.07) is 0.248. The van der Waals surface area contributed by atoms with Crippen molar-refractivity contribution in [2.75, 3.05) is 13.2 Å². The first-order chi connectivity index (χ1) is 10.7. The maximum absolute atomic E-state index is 12.7. The zero-order chi connectivity index (χ0) is 17.1. The van der Waals surface area contributed by atoms with E-state index in [2.05, 4.69) is 39.9 Å². The summed E-state index contributed by atoms with van der Waals surface area (Å²) in [5, 5.41) is 3.27. The molecule has 0 saturated carbocycles. The Morgan fingerprint density at radius 2 is 1.83 bits per heavy atom. The van der Waals surface area contributed by atoms with Gasteiger partial charge in [0.15, 0.2) is 0 Å². The predicted molar refractivity (Wildman–Crippen MR) is 92.4 cm³/mol. The number of nitrogens with one attached hydrogen (secondary N) is 1. The number of amides is 1. The maximum Gasteiger partial charge on any atom is 0.220 e. The van der Waals surface area contributed by atoms with Gasteiger partial charge in [0.2, 0.25) is 5.91 Å². The molecule has 2 fully saturated rings. The largest absolute Gasteiger partial charge is 0.376 e. The summed E-state index contributed by atoms with van der Waals surface area (Å²) in [5.41, 5.74) is -0.145. The molecule has 2 aliphatic heterocycles. The van der Waals surface area contributed by atoms with E-state index in [0.717, 1.165) is 51.7 Å². The Labute approximate surface area is 141 Å². The summed E-state index contributed by atoms with van der Waals surface area (Å²) in [5.74, 6) is 0.207. The van der Waals surface area contributed by atoms with Crippen LogP contribution in [0.5, 0.6) is 0 Å². The van der Waals surface area contributed by atoms with Gasteiger partial charge >= 0.3 is 0 Å². The minimum Gasteiger partial charge on any atom is -0.376 e. The van der Waals surface area contributed by atoms with E-state index in [0.29, 0.717) is 6.42 Å². The Morgan fingerprint density at radius 3 is 2.43 bits per heavy atom. The van der Waals surface area contributed by atoms with Gasteiger partial charge in [-0.05, 0) is 65.2 Å². The van der Waals surface area contributed by atoms with E-state index in [9.17, 15) is 4.79 Å². The zero-order valence-electron chi connectivity index (χ0n) is 15.7. The van der Waals surface area contributed by atoms with Gasteiger partial charge < -0.3 is 14.8 Å². The highest BCUT2D eigenvalue weighted by molar-refractivity contribution is 5.77.